The summed E-state index contributed by atoms with van der Waals surface area (Å²) in [6.07, 6.45) is 0.836. The molecule has 1 aliphatic carbocycles. The Hall–Kier alpha value is -2.04. The number of ether oxygens (including phenoxy) is 1. The number of carbonyl (C=O) groups is 2. The van der Waals surface area contributed by atoms with E-state index in [9.17, 15) is 9.59 Å². The second kappa shape index (κ2) is 5.30. The van der Waals surface area contributed by atoms with Crippen molar-refractivity contribution in [1.29, 1.82) is 0 Å². The molecule has 0 bridgehead atoms. The summed E-state index contributed by atoms with van der Waals surface area (Å²) in [5.74, 6) is -0.736. The van der Waals surface area contributed by atoms with Gasteiger partial charge in [0.15, 0.2) is 0 Å². The minimum absolute atomic E-state index is 0.282. The van der Waals surface area contributed by atoms with Gasteiger partial charge < -0.3 is 15.2 Å². The minimum Gasteiger partial charge on any atom is -0.494 e. The first kappa shape index (κ1) is 13.4. The van der Waals surface area contributed by atoms with E-state index in [1.54, 1.807) is 0 Å². The molecule has 1 saturated carbocycles. The molecule has 0 aromatic heterocycles. The van der Waals surface area contributed by atoms with Crippen LogP contribution >= 0.6 is 0 Å². The summed E-state index contributed by atoms with van der Waals surface area (Å²) in [7, 11) is 0. The number of hydrogen-bond acceptors (Lipinski definition) is 3. The zero-order valence-corrected chi connectivity index (χ0v) is 10.8. The quantitative estimate of drug-likeness (QED) is 0.764. The number of amides is 1. The van der Waals surface area contributed by atoms with E-state index in [2.05, 4.69) is 5.32 Å². The van der Waals surface area contributed by atoms with Crippen LogP contribution in [0, 0.1) is 5.41 Å². The number of para-hydroxylation sites is 1. The predicted octanol–water partition coefficient (Wildman–Crippen LogP) is 1.57. The van der Waals surface area contributed by atoms with Crippen LogP contribution in [-0.2, 0) is 16.1 Å². The number of benzene rings is 1. The molecule has 0 spiro atoms. The lowest BCUT2D eigenvalue weighted by Crippen LogP contribution is -2.36. The van der Waals surface area contributed by atoms with E-state index in [1.807, 2.05) is 31.2 Å². The van der Waals surface area contributed by atoms with E-state index in [4.69, 9.17) is 9.84 Å². The lowest BCUT2D eigenvalue weighted by atomic mass is 10.1. The first-order chi connectivity index (χ1) is 9.10. The van der Waals surface area contributed by atoms with E-state index >= 15 is 0 Å². The van der Waals surface area contributed by atoms with Crippen LogP contribution in [0.2, 0.25) is 0 Å². The Kier molecular flexibility index (Phi) is 3.74. The highest BCUT2D eigenvalue weighted by molar-refractivity contribution is 6.04. The molecule has 1 amide bonds. The average Bonchev–Trinajstić information content (AvgIpc) is 3.19. The second-order valence-corrected chi connectivity index (χ2v) is 4.61. The zero-order valence-electron chi connectivity index (χ0n) is 10.8. The van der Waals surface area contributed by atoms with E-state index in [-0.39, 0.29) is 6.54 Å². The van der Waals surface area contributed by atoms with Crippen LogP contribution in [0.4, 0.5) is 0 Å². The van der Waals surface area contributed by atoms with E-state index in [0.29, 0.717) is 25.2 Å². The molecule has 2 rings (SSSR count). The van der Waals surface area contributed by atoms with Crippen LogP contribution in [0.1, 0.15) is 25.3 Å². The molecular weight excluding hydrogens is 246 g/mol. The van der Waals surface area contributed by atoms with Gasteiger partial charge in [0.25, 0.3) is 0 Å². The van der Waals surface area contributed by atoms with Crippen LogP contribution in [0.15, 0.2) is 24.3 Å². The molecule has 1 aliphatic rings. The molecule has 102 valence electrons. The molecule has 1 fully saturated rings. The van der Waals surface area contributed by atoms with E-state index < -0.39 is 17.3 Å². The largest absolute Gasteiger partial charge is 0.494 e. The van der Waals surface area contributed by atoms with Crippen molar-refractivity contribution in [3.8, 4) is 5.75 Å². The SMILES string of the molecule is CCOc1ccccc1CNC(=O)C1(C(=O)O)CC1. The molecule has 0 unspecified atom stereocenters. The second-order valence-electron chi connectivity index (χ2n) is 4.61. The smallest absolute Gasteiger partial charge is 0.319 e. The molecule has 1 aromatic carbocycles. The Labute approximate surface area is 111 Å². The standard InChI is InChI=1S/C14H17NO4/c1-2-19-11-6-4-3-5-10(11)9-15-12(16)14(7-8-14)13(17)18/h3-6H,2,7-9H2,1H3,(H,15,16)(H,17,18). The average molecular weight is 263 g/mol. The van der Waals surface area contributed by atoms with Crippen molar-refractivity contribution in [1.82, 2.24) is 5.32 Å². The van der Waals surface area contributed by atoms with Gasteiger partial charge in [-0.15, -0.1) is 0 Å². The van der Waals surface area contributed by atoms with Crippen molar-refractivity contribution >= 4 is 11.9 Å². The topological polar surface area (TPSA) is 75.6 Å². The molecule has 0 heterocycles. The summed E-state index contributed by atoms with van der Waals surface area (Å²) < 4.78 is 5.45. The fourth-order valence-electron chi connectivity index (χ4n) is 1.95. The summed E-state index contributed by atoms with van der Waals surface area (Å²) in [5.41, 5.74) is -0.348. The van der Waals surface area contributed by atoms with E-state index in [0.717, 1.165) is 5.56 Å². The highest BCUT2D eigenvalue weighted by atomic mass is 16.5. The van der Waals surface area contributed by atoms with Crippen LogP contribution < -0.4 is 10.1 Å². The number of carbonyl (C=O) groups excluding carboxylic acids is 1. The summed E-state index contributed by atoms with van der Waals surface area (Å²) in [6, 6.07) is 7.39. The van der Waals surface area contributed by atoms with Gasteiger partial charge in [-0.3, -0.25) is 9.59 Å². The molecule has 19 heavy (non-hydrogen) atoms. The van der Waals surface area contributed by atoms with Gasteiger partial charge in [-0.25, -0.2) is 0 Å². The molecule has 2 N–H and O–H groups in total. The van der Waals surface area contributed by atoms with Gasteiger partial charge in [0.2, 0.25) is 5.91 Å². The zero-order chi connectivity index (χ0) is 13.9. The Morgan fingerprint density at radius 1 is 1.37 bits per heavy atom. The van der Waals surface area contributed by atoms with Gasteiger partial charge >= 0.3 is 5.97 Å². The molecule has 5 heteroatoms. The number of aliphatic carboxylic acids is 1. The fraction of sp³-hybridized carbons (Fsp3) is 0.429. The normalized spacial score (nSPS) is 15.6. The fourth-order valence-corrected chi connectivity index (χ4v) is 1.95. The Morgan fingerprint density at radius 2 is 2.05 bits per heavy atom. The lowest BCUT2D eigenvalue weighted by molar-refractivity contribution is -0.149. The van der Waals surface area contributed by atoms with Gasteiger partial charge in [0.1, 0.15) is 11.2 Å². The van der Waals surface area contributed by atoms with E-state index in [1.165, 1.54) is 0 Å². The van der Waals surface area contributed by atoms with Gasteiger partial charge in [0.05, 0.1) is 6.61 Å². The number of carboxylic acids is 1. The number of rotatable bonds is 6. The first-order valence-corrected chi connectivity index (χ1v) is 6.32. The molecule has 1 aromatic rings. The summed E-state index contributed by atoms with van der Waals surface area (Å²) in [4.78, 5) is 22.9. The van der Waals surface area contributed by atoms with Crippen molar-refractivity contribution < 1.29 is 19.4 Å². The third-order valence-electron chi connectivity index (χ3n) is 3.31. The minimum atomic E-state index is -1.19. The number of carboxylic acid groups (broad SMARTS) is 1. The highest BCUT2D eigenvalue weighted by Crippen LogP contribution is 2.46. The van der Waals surface area contributed by atoms with Crippen molar-refractivity contribution in [3.05, 3.63) is 29.8 Å². The lowest BCUT2D eigenvalue weighted by Gasteiger charge is -2.13. The maximum absolute atomic E-state index is 11.9. The van der Waals surface area contributed by atoms with Crippen LogP contribution in [0.3, 0.4) is 0 Å². The van der Waals surface area contributed by atoms with Crippen LogP contribution in [-0.4, -0.2) is 23.6 Å². The molecule has 0 atom stereocenters. The summed E-state index contributed by atoms with van der Waals surface area (Å²) >= 11 is 0. The van der Waals surface area contributed by atoms with Crippen LogP contribution in [0.5, 0.6) is 5.75 Å². The van der Waals surface area contributed by atoms with Gasteiger partial charge in [-0.2, -0.15) is 0 Å². The Balaban J connectivity index is 1.99. The highest BCUT2D eigenvalue weighted by Gasteiger charge is 2.56. The predicted molar refractivity (Wildman–Crippen MR) is 68.8 cm³/mol. The Bertz CT molecular complexity index is 494. The number of nitrogens with one attached hydrogen (secondary N) is 1. The van der Waals surface area contributed by atoms with Crippen molar-refractivity contribution in [3.63, 3.8) is 0 Å². The molecule has 5 nitrogen and oxygen atoms in total. The van der Waals surface area contributed by atoms with Crippen LogP contribution in [0.25, 0.3) is 0 Å². The monoisotopic (exact) mass is 263 g/mol. The third kappa shape index (κ3) is 2.70. The molecule has 0 aliphatic heterocycles. The summed E-state index contributed by atoms with van der Waals surface area (Å²) in [6.45, 7) is 2.72. The van der Waals surface area contributed by atoms with Crippen molar-refractivity contribution in [2.24, 2.45) is 5.41 Å². The summed E-state index contributed by atoms with van der Waals surface area (Å²) in [5, 5.41) is 11.7. The Morgan fingerprint density at radius 3 is 2.63 bits per heavy atom. The molecule has 0 radical (unpaired) electrons. The first-order valence-electron chi connectivity index (χ1n) is 6.32. The maximum atomic E-state index is 11.9. The van der Waals surface area contributed by atoms with Gasteiger partial charge in [-0.1, -0.05) is 18.2 Å². The molecular formula is C14H17NO4. The third-order valence-corrected chi connectivity index (χ3v) is 3.31. The maximum Gasteiger partial charge on any atom is 0.319 e. The molecule has 0 saturated heterocycles. The van der Waals surface area contributed by atoms with Crippen molar-refractivity contribution in [2.45, 2.75) is 26.3 Å². The van der Waals surface area contributed by atoms with Gasteiger partial charge in [-0.05, 0) is 25.8 Å². The van der Waals surface area contributed by atoms with Gasteiger partial charge in [0, 0.05) is 12.1 Å². The number of hydrogen-bond donors (Lipinski definition) is 2. The van der Waals surface area contributed by atoms with Crippen molar-refractivity contribution in [2.75, 3.05) is 6.61 Å².